The van der Waals surface area contributed by atoms with Crippen molar-refractivity contribution in [2.75, 3.05) is 64.5 Å². The first-order valence-corrected chi connectivity index (χ1v) is 12.0. The first kappa shape index (κ1) is 23.0. The van der Waals surface area contributed by atoms with Crippen LogP contribution in [0.4, 0.5) is 5.82 Å². The molecule has 2 saturated heterocycles. The zero-order chi connectivity index (χ0) is 23.4. The summed E-state index contributed by atoms with van der Waals surface area (Å²) in [4.78, 5) is 21.3. The van der Waals surface area contributed by atoms with Crippen LogP contribution in [0.5, 0.6) is 5.75 Å². The van der Waals surface area contributed by atoms with Crippen LogP contribution in [0.1, 0.15) is 15.9 Å². The summed E-state index contributed by atoms with van der Waals surface area (Å²) >= 11 is 0. The summed E-state index contributed by atoms with van der Waals surface area (Å²) in [5.74, 6) is 0.621. The minimum atomic E-state index is -3.75. The molecule has 0 atom stereocenters. The fourth-order valence-electron chi connectivity index (χ4n) is 3.98. The second-order valence-corrected chi connectivity index (χ2v) is 9.58. The molecule has 11 heteroatoms. The minimum Gasteiger partial charge on any atom is -0.496 e. The fourth-order valence-corrected chi connectivity index (χ4v) is 5.41. The van der Waals surface area contributed by atoms with Gasteiger partial charge in [0.15, 0.2) is 0 Å². The molecule has 2 aromatic rings. The molecule has 0 N–H and O–H groups in total. The van der Waals surface area contributed by atoms with E-state index in [-0.39, 0.29) is 29.5 Å². The van der Waals surface area contributed by atoms with E-state index >= 15 is 0 Å². The van der Waals surface area contributed by atoms with Crippen LogP contribution in [0, 0.1) is 11.3 Å². The number of nitriles is 1. The molecule has 0 spiro atoms. The number of morpholine rings is 1. The Labute approximate surface area is 193 Å². The van der Waals surface area contributed by atoms with Gasteiger partial charge in [0.1, 0.15) is 17.6 Å². The van der Waals surface area contributed by atoms with Crippen LogP contribution in [0.15, 0.2) is 41.4 Å². The number of rotatable bonds is 5. The van der Waals surface area contributed by atoms with Crippen molar-refractivity contribution in [2.24, 2.45) is 0 Å². The van der Waals surface area contributed by atoms with Crippen LogP contribution in [-0.2, 0) is 14.8 Å². The van der Waals surface area contributed by atoms with Gasteiger partial charge in [-0.3, -0.25) is 4.79 Å². The molecule has 174 valence electrons. The Bertz CT molecular complexity index is 1170. The molecule has 2 aliphatic heterocycles. The molecule has 1 aromatic carbocycles. The van der Waals surface area contributed by atoms with Crippen molar-refractivity contribution in [1.82, 2.24) is 14.2 Å². The molecule has 0 unspecified atom stereocenters. The number of hydrogen-bond acceptors (Lipinski definition) is 8. The molecule has 4 rings (SSSR count). The maximum atomic E-state index is 13.3. The van der Waals surface area contributed by atoms with Gasteiger partial charge in [0, 0.05) is 45.5 Å². The van der Waals surface area contributed by atoms with E-state index in [9.17, 15) is 18.5 Å². The van der Waals surface area contributed by atoms with E-state index < -0.39 is 10.0 Å². The van der Waals surface area contributed by atoms with Crippen LogP contribution >= 0.6 is 0 Å². The number of nitrogens with zero attached hydrogens (tertiary/aromatic N) is 5. The average molecular weight is 472 g/mol. The van der Waals surface area contributed by atoms with Gasteiger partial charge in [0.05, 0.1) is 36.3 Å². The van der Waals surface area contributed by atoms with E-state index in [0.717, 1.165) is 0 Å². The highest BCUT2D eigenvalue weighted by atomic mass is 32.2. The van der Waals surface area contributed by atoms with E-state index in [4.69, 9.17) is 9.47 Å². The van der Waals surface area contributed by atoms with Crippen molar-refractivity contribution < 1.29 is 22.7 Å². The average Bonchev–Trinajstić information content (AvgIpc) is 2.88. The third kappa shape index (κ3) is 4.64. The van der Waals surface area contributed by atoms with Gasteiger partial charge in [-0.2, -0.15) is 9.57 Å². The number of methoxy groups -OCH3 is 1. The van der Waals surface area contributed by atoms with E-state index in [1.807, 2.05) is 4.90 Å². The molecule has 0 bridgehead atoms. The Balaban J connectivity index is 1.53. The van der Waals surface area contributed by atoms with Gasteiger partial charge < -0.3 is 19.3 Å². The third-order valence-electron chi connectivity index (χ3n) is 5.78. The largest absolute Gasteiger partial charge is 0.496 e. The van der Waals surface area contributed by atoms with Crippen molar-refractivity contribution in [2.45, 2.75) is 4.90 Å². The highest BCUT2D eigenvalue weighted by molar-refractivity contribution is 7.89. The van der Waals surface area contributed by atoms with Crippen molar-refractivity contribution in [3.05, 3.63) is 47.7 Å². The number of aromatic nitrogens is 1. The lowest BCUT2D eigenvalue weighted by Gasteiger charge is -2.36. The van der Waals surface area contributed by atoms with Crippen LogP contribution in [0.3, 0.4) is 0 Å². The van der Waals surface area contributed by atoms with Gasteiger partial charge in [0.2, 0.25) is 10.0 Å². The SMILES string of the molecule is COc1ccc(S(=O)(=O)N2CCOCC2)cc1C(=O)N1CCN(c2ncccc2C#N)CC1. The highest BCUT2D eigenvalue weighted by Gasteiger charge is 2.30. The lowest BCUT2D eigenvalue weighted by Crippen LogP contribution is -2.49. The Kier molecular flexibility index (Phi) is 6.78. The first-order chi connectivity index (χ1) is 16.0. The Morgan fingerprint density at radius 3 is 2.52 bits per heavy atom. The number of carbonyl (C=O) groups excluding carboxylic acids is 1. The summed E-state index contributed by atoms with van der Waals surface area (Å²) in [6.07, 6.45) is 1.64. The molecule has 3 heterocycles. The zero-order valence-corrected chi connectivity index (χ0v) is 19.1. The smallest absolute Gasteiger partial charge is 0.257 e. The van der Waals surface area contributed by atoms with Crippen molar-refractivity contribution in [3.8, 4) is 11.8 Å². The fraction of sp³-hybridized carbons (Fsp3) is 0.409. The normalized spacial score (nSPS) is 17.5. The number of amides is 1. The maximum Gasteiger partial charge on any atom is 0.257 e. The molecule has 10 nitrogen and oxygen atoms in total. The lowest BCUT2D eigenvalue weighted by atomic mass is 10.1. The second-order valence-electron chi connectivity index (χ2n) is 7.64. The number of piperazine rings is 1. The van der Waals surface area contributed by atoms with Crippen molar-refractivity contribution in [3.63, 3.8) is 0 Å². The van der Waals surface area contributed by atoms with E-state index in [2.05, 4.69) is 11.1 Å². The van der Waals surface area contributed by atoms with Crippen molar-refractivity contribution >= 4 is 21.7 Å². The van der Waals surface area contributed by atoms with E-state index in [0.29, 0.717) is 56.5 Å². The van der Waals surface area contributed by atoms with Gasteiger partial charge in [-0.15, -0.1) is 0 Å². The Morgan fingerprint density at radius 2 is 1.85 bits per heavy atom. The number of anilines is 1. The molecule has 2 fully saturated rings. The first-order valence-electron chi connectivity index (χ1n) is 10.6. The highest BCUT2D eigenvalue weighted by Crippen LogP contribution is 2.27. The molecule has 1 aromatic heterocycles. The van der Waals surface area contributed by atoms with Crippen LogP contribution in [0.2, 0.25) is 0 Å². The van der Waals surface area contributed by atoms with Gasteiger partial charge >= 0.3 is 0 Å². The Hall–Kier alpha value is -3.20. The minimum absolute atomic E-state index is 0.0549. The number of ether oxygens (including phenoxy) is 2. The van der Waals surface area contributed by atoms with Crippen LogP contribution in [0.25, 0.3) is 0 Å². The summed E-state index contributed by atoms with van der Waals surface area (Å²) in [5, 5.41) is 9.33. The summed E-state index contributed by atoms with van der Waals surface area (Å²) in [6.45, 7) is 3.06. The lowest BCUT2D eigenvalue weighted by molar-refractivity contribution is 0.0728. The van der Waals surface area contributed by atoms with Crippen LogP contribution < -0.4 is 9.64 Å². The summed E-state index contributed by atoms with van der Waals surface area (Å²) < 4.78 is 38.1. The number of carbonyl (C=O) groups is 1. The summed E-state index contributed by atoms with van der Waals surface area (Å²) in [6, 6.07) is 9.95. The molecule has 1 amide bonds. The molecular formula is C22H25N5O5S. The summed E-state index contributed by atoms with van der Waals surface area (Å²) in [7, 11) is -2.30. The quantitative estimate of drug-likeness (QED) is 0.633. The topological polar surface area (TPSA) is 116 Å². The molecule has 33 heavy (non-hydrogen) atoms. The standard InChI is InChI=1S/C22H25N5O5S/c1-31-20-5-4-18(33(29,30)27-11-13-32-14-12-27)15-19(20)22(28)26-9-7-25(8-10-26)21-17(16-23)3-2-6-24-21/h2-6,15H,7-14H2,1H3. The number of hydrogen-bond donors (Lipinski definition) is 0. The number of sulfonamides is 1. The molecule has 0 radical (unpaired) electrons. The van der Waals surface area contributed by atoms with Crippen LogP contribution in [-0.4, -0.2) is 88.1 Å². The number of pyridine rings is 1. The monoisotopic (exact) mass is 471 g/mol. The predicted octanol–water partition coefficient (Wildman–Crippen LogP) is 0.945. The van der Waals surface area contributed by atoms with Gasteiger partial charge in [0.25, 0.3) is 5.91 Å². The summed E-state index contributed by atoms with van der Waals surface area (Å²) in [5.41, 5.74) is 0.691. The molecular weight excluding hydrogens is 446 g/mol. The molecule has 0 saturated carbocycles. The molecule has 2 aliphatic rings. The van der Waals surface area contributed by atoms with Gasteiger partial charge in [-0.1, -0.05) is 0 Å². The van der Waals surface area contributed by atoms with Crippen molar-refractivity contribution in [1.29, 1.82) is 5.26 Å². The number of benzene rings is 1. The maximum absolute atomic E-state index is 13.3. The van der Waals surface area contributed by atoms with Gasteiger partial charge in [-0.25, -0.2) is 13.4 Å². The molecule has 0 aliphatic carbocycles. The Morgan fingerprint density at radius 1 is 1.12 bits per heavy atom. The predicted molar refractivity (Wildman–Crippen MR) is 120 cm³/mol. The van der Waals surface area contributed by atoms with E-state index in [1.165, 1.54) is 29.6 Å². The van der Waals surface area contributed by atoms with E-state index in [1.54, 1.807) is 23.2 Å². The second kappa shape index (κ2) is 9.74. The third-order valence-corrected chi connectivity index (χ3v) is 7.68. The van der Waals surface area contributed by atoms with Gasteiger partial charge in [-0.05, 0) is 30.3 Å². The zero-order valence-electron chi connectivity index (χ0n) is 18.3.